The molecule has 0 radical (unpaired) electrons. The Labute approximate surface area is 123 Å². The van der Waals surface area contributed by atoms with Crippen LogP contribution in [0.4, 0.5) is 5.69 Å². The van der Waals surface area contributed by atoms with E-state index in [-0.39, 0.29) is 12.3 Å². The number of amides is 1. The summed E-state index contributed by atoms with van der Waals surface area (Å²) in [6.07, 6.45) is 3.87. The fourth-order valence-electron chi connectivity index (χ4n) is 2.84. The number of benzene rings is 1. The van der Waals surface area contributed by atoms with Gasteiger partial charge in [-0.15, -0.1) is 0 Å². The van der Waals surface area contributed by atoms with Crippen molar-refractivity contribution in [3.05, 3.63) is 29.8 Å². The zero-order valence-electron chi connectivity index (χ0n) is 11.8. The summed E-state index contributed by atoms with van der Waals surface area (Å²) in [5.74, 6) is -1.17. The number of rotatable bonds is 4. The number of carbonyl (C=O) groups excluding carboxylic acids is 1. The van der Waals surface area contributed by atoms with E-state index >= 15 is 0 Å². The number of carboxylic acids is 1. The number of nitrogens with one attached hydrogen (secondary N) is 1. The standard InChI is InChI=1S/C16H18N2O3/c17-11-12-4-6-13(7-5-12)18-14(19)10-16(15(20)21)8-2-1-3-9-16/h4-7H,1-3,8-10H2,(H,18,19)(H,20,21). The van der Waals surface area contributed by atoms with Crippen molar-refractivity contribution in [3.8, 4) is 6.07 Å². The largest absolute Gasteiger partial charge is 0.481 e. The summed E-state index contributed by atoms with van der Waals surface area (Å²) in [5, 5.41) is 20.9. The van der Waals surface area contributed by atoms with E-state index in [4.69, 9.17) is 5.26 Å². The minimum Gasteiger partial charge on any atom is -0.481 e. The summed E-state index contributed by atoms with van der Waals surface area (Å²) in [6.45, 7) is 0. The second-order valence-electron chi connectivity index (χ2n) is 5.56. The summed E-state index contributed by atoms with van der Waals surface area (Å²) in [7, 11) is 0. The van der Waals surface area contributed by atoms with Gasteiger partial charge in [0.05, 0.1) is 17.0 Å². The van der Waals surface area contributed by atoms with Crippen LogP contribution in [0.25, 0.3) is 0 Å². The van der Waals surface area contributed by atoms with Gasteiger partial charge in [0.2, 0.25) is 5.91 Å². The van der Waals surface area contributed by atoms with E-state index in [1.165, 1.54) is 0 Å². The smallest absolute Gasteiger partial charge is 0.310 e. The van der Waals surface area contributed by atoms with Crippen molar-refractivity contribution in [1.29, 1.82) is 5.26 Å². The molecule has 1 saturated carbocycles. The predicted octanol–water partition coefficient (Wildman–Crippen LogP) is 2.92. The van der Waals surface area contributed by atoms with Crippen molar-refractivity contribution in [3.63, 3.8) is 0 Å². The lowest BCUT2D eigenvalue weighted by Crippen LogP contribution is -2.37. The van der Waals surface area contributed by atoms with Crippen molar-refractivity contribution in [1.82, 2.24) is 0 Å². The van der Waals surface area contributed by atoms with E-state index in [0.29, 0.717) is 24.1 Å². The van der Waals surface area contributed by atoms with E-state index in [1.807, 2.05) is 6.07 Å². The van der Waals surface area contributed by atoms with Crippen molar-refractivity contribution in [2.75, 3.05) is 5.32 Å². The zero-order valence-corrected chi connectivity index (χ0v) is 11.8. The lowest BCUT2D eigenvalue weighted by molar-refractivity contribution is -0.153. The number of hydrogen-bond donors (Lipinski definition) is 2. The molecule has 1 aliphatic rings. The minimum atomic E-state index is -0.922. The fourth-order valence-corrected chi connectivity index (χ4v) is 2.84. The molecule has 21 heavy (non-hydrogen) atoms. The first-order chi connectivity index (χ1) is 10.1. The van der Waals surface area contributed by atoms with E-state index in [1.54, 1.807) is 24.3 Å². The highest BCUT2D eigenvalue weighted by Gasteiger charge is 2.41. The van der Waals surface area contributed by atoms with E-state index in [9.17, 15) is 14.7 Å². The predicted molar refractivity (Wildman–Crippen MR) is 77.6 cm³/mol. The van der Waals surface area contributed by atoms with Crippen LogP contribution in [0.1, 0.15) is 44.1 Å². The molecule has 1 fully saturated rings. The second kappa shape index (κ2) is 6.40. The SMILES string of the molecule is N#Cc1ccc(NC(=O)CC2(C(=O)O)CCCCC2)cc1. The molecular formula is C16H18N2O3. The Morgan fingerprint density at radius 3 is 2.33 bits per heavy atom. The van der Waals surface area contributed by atoms with Gasteiger partial charge in [0.25, 0.3) is 0 Å². The first-order valence-electron chi connectivity index (χ1n) is 7.09. The zero-order chi connectivity index (χ0) is 15.3. The molecule has 1 amide bonds. The average Bonchev–Trinajstić information content (AvgIpc) is 2.48. The Balaban J connectivity index is 2.02. The molecular weight excluding hydrogens is 268 g/mol. The molecule has 0 saturated heterocycles. The van der Waals surface area contributed by atoms with Gasteiger partial charge >= 0.3 is 5.97 Å². The topological polar surface area (TPSA) is 90.2 Å². The quantitative estimate of drug-likeness (QED) is 0.890. The summed E-state index contributed by atoms with van der Waals surface area (Å²) >= 11 is 0. The van der Waals surface area contributed by atoms with Crippen molar-refractivity contribution in [2.45, 2.75) is 38.5 Å². The van der Waals surface area contributed by atoms with Gasteiger partial charge in [0, 0.05) is 12.1 Å². The Morgan fingerprint density at radius 1 is 1.19 bits per heavy atom. The molecule has 1 aromatic carbocycles. The molecule has 0 atom stereocenters. The van der Waals surface area contributed by atoms with Crippen molar-refractivity contribution < 1.29 is 14.7 Å². The summed E-state index contributed by atoms with van der Waals surface area (Å²) < 4.78 is 0. The molecule has 1 aromatic rings. The van der Waals surface area contributed by atoms with Gasteiger partial charge < -0.3 is 10.4 Å². The maximum absolute atomic E-state index is 12.1. The molecule has 2 N–H and O–H groups in total. The van der Waals surface area contributed by atoms with Gasteiger partial charge in [-0.05, 0) is 37.1 Å². The average molecular weight is 286 g/mol. The number of nitriles is 1. The van der Waals surface area contributed by atoms with Crippen LogP contribution in [0.15, 0.2) is 24.3 Å². The van der Waals surface area contributed by atoms with E-state index < -0.39 is 11.4 Å². The number of nitrogens with zero attached hydrogens (tertiary/aromatic N) is 1. The molecule has 2 rings (SSSR count). The van der Waals surface area contributed by atoms with Gasteiger partial charge in [-0.2, -0.15) is 5.26 Å². The molecule has 0 aliphatic heterocycles. The van der Waals surface area contributed by atoms with E-state index in [0.717, 1.165) is 19.3 Å². The van der Waals surface area contributed by atoms with Gasteiger partial charge in [0.1, 0.15) is 0 Å². The Morgan fingerprint density at radius 2 is 1.81 bits per heavy atom. The third-order valence-corrected chi connectivity index (χ3v) is 4.06. The summed E-state index contributed by atoms with van der Waals surface area (Å²) in [5.41, 5.74) is 0.173. The molecule has 110 valence electrons. The number of hydrogen-bond acceptors (Lipinski definition) is 3. The van der Waals surface area contributed by atoms with Crippen LogP contribution >= 0.6 is 0 Å². The van der Waals surface area contributed by atoms with Crippen LogP contribution in [0.3, 0.4) is 0 Å². The van der Waals surface area contributed by atoms with E-state index in [2.05, 4.69) is 5.32 Å². The fraction of sp³-hybridized carbons (Fsp3) is 0.438. The molecule has 0 heterocycles. The molecule has 0 unspecified atom stereocenters. The van der Waals surface area contributed by atoms with Crippen molar-refractivity contribution >= 4 is 17.6 Å². The van der Waals surface area contributed by atoms with Gasteiger partial charge in [-0.25, -0.2) is 0 Å². The normalized spacial score (nSPS) is 16.7. The van der Waals surface area contributed by atoms with Crippen LogP contribution in [0.5, 0.6) is 0 Å². The molecule has 5 nitrogen and oxygen atoms in total. The Bertz CT molecular complexity index is 566. The van der Waals surface area contributed by atoms with Crippen LogP contribution in [-0.2, 0) is 9.59 Å². The molecule has 0 spiro atoms. The number of anilines is 1. The highest BCUT2D eigenvalue weighted by Crippen LogP contribution is 2.39. The minimum absolute atomic E-state index is 0.00232. The molecule has 5 heteroatoms. The van der Waals surface area contributed by atoms with Gasteiger partial charge in [-0.3, -0.25) is 9.59 Å². The highest BCUT2D eigenvalue weighted by atomic mass is 16.4. The van der Waals surface area contributed by atoms with Crippen LogP contribution < -0.4 is 5.32 Å². The van der Waals surface area contributed by atoms with Crippen LogP contribution in [0, 0.1) is 16.7 Å². The monoisotopic (exact) mass is 286 g/mol. The third-order valence-electron chi connectivity index (χ3n) is 4.06. The first kappa shape index (κ1) is 15.0. The maximum Gasteiger partial charge on any atom is 0.310 e. The number of carboxylic acid groups (broad SMARTS) is 1. The number of carbonyl (C=O) groups is 2. The maximum atomic E-state index is 12.1. The number of aliphatic carboxylic acids is 1. The summed E-state index contributed by atoms with van der Waals surface area (Å²) in [6, 6.07) is 8.52. The Kier molecular flexibility index (Phi) is 4.59. The van der Waals surface area contributed by atoms with Gasteiger partial charge in [-0.1, -0.05) is 19.3 Å². The third kappa shape index (κ3) is 3.60. The first-order valence-corrected chi connectivity index (χ1v) is 7.09. The molecule has 1 aliphatic carbocycles. The van der Waals surface area contributed by atoms with Crippen molar-refractivity contribution in [2.24, 2.45) is 5.41 Å². The lowest BCUT2D eigenvalue weighted by atomic mass is 9.71. The second-order valence-corrected chi connectivity index (χ2v) is 5.56. The highest BCUT2D eigenvalue weighted by molar-refractivity contribution is 5.94. The van der Waals surface area contributed by atoms with Crippen LogP contribution in [-0.4, -0.2) is 17.0 Å². The lowest BCUT2D eigenvalue weighted by Gasteiger charge is -2.32. The van der Waals surface area contributed by atoms with Crippen LogP contribution in [0.2, 0.25) is 0 Å². The molecule has 0 bridgehead atoms. The summed E-state index contributed by atoms with van der Waals surface area (Å²) in [4.78, 5) is 23.6. The van der Waals surface area contributed by atoms with Gasteiger partial charge in [0.15, 0.2) is 0 Å². The Hall–Kier alpha value is -2.35. The molecule has 0 aromatic heterocycles.